The van der Waals surface area contributed by atoms with Crippen molar-refractivity contribution in [3.05, 3.63) is 46.2 Å². The number of aryl methyl sites for hydroxylation is 2. The third kappa shape index (κ3) is 2.11. The van der Waals surface area contributed by atoms with Crippen molar-refractivity contribution in [2.45, 2.75) is 6.92 Å². The first-order chi connectivity index (χ1) is 8.54. The standard InChI is InChI=1S/C13H13ClN2O2/c1-8-6-9(4-5-10(8)14)13(17)12-11(18-3)7-15-16(12)2/h4-7H,1-3H3. The van der Waals surface area contributed by atoms with Crippen molar-refractivity contribution in [1.82, 2.24) is 9.78 Å². The molecular weight excluding hydrogens is 252 g/mol. The van der Waals surface area contributed by atoms with Gasteiger partial charge in [0.05, 0.1) is 13.3 Å². The van der Waals surface area contributed by atoms with Gasteiger partial charge in [-0.15, -0.1) is 0 Å². The van der Waals surface area contributed by atoms with E-state index < -0.39 is 0 Å². The zero-order valence-electron chi connectivity index (χ0n) is 10.4. The van der Waals surface area contributed by atoms with Crippen LogP contribution in [0.15, 0.2) is 24.4 Å². The van der Waals surface area contributed by atoms with Gasteiger partial charge in [0.1, 0.15) is 0 Å². The van der Waals surface area contributed by atoms with Gasteiger partial charge in [-0.3, -0.25) is 9.48 Å². The Kier molecular flexibility index (Phi) is 3.39. The van der Waals surface area contributed by atoms with Crippen LogP contribution in [0.25, 0.3) is 0 Å². The highest BCUT2D eigenvalue weighted by Gasteiger charge is 2.19. The Hall–Kier alpha value is -1.81. The lowest BCUT2D eigenvalue weighted by Crippen LogP contribution is -2.09. The van der Waals surface area contributed by atoms with Crippen molar-refractivity contribution in [3.63, 3.8) is 0 Å². The van der Waals surface area contributed by atoms with E-state index in [1.807, 2.05) is 6.92 Å². The van der Waals surface area contributed by atoms with E-state index in [0.717, 1.165) is 5.56 Å². The van der Waals surface area contributed by atoms with Crippen LogP contribution >= 0.6 is 11.6 Å². The molecule has 5 heteroatoms. The molecule has 1 heterocycles. The van der Waals surface area contributed by atoms with E-state index in [4.69, 9.17) is 16.3 Å². The van der Waals surface area contributed by atoms with Gasteiger partial charge in [0.25, 0.3) is 0 Å². The molecule has 2 aromatic rings. The van der Waals surface area contributed by atoms with E-state index in [1.165, 1.54) is 18.0 Å². The van der Waals surface area contributed by atoms with Crippen molar-refractivity contribution < 1.29 is 9.53 Å². The van der Waals surface area contributed by atoms with Crippen molar-refractivity contribution in [2.75, 3.05) is 7.11 Å². The van der Waals surface area contributed by atoms with Gasteiger partial charge < -0.3 is 4.74 Å². The normalized spacial score (nSPS) is 10.4. The second-order valence-corrected chi connectivity index (χ2v) is 4.39. The zero-order chi connectivity index (χ0) is 13.3. The number of ether oxygens (including phenoxy) is 1. The van der Waals surface area contributed by atoms with E-state index in [1.54, 1.807) is 25.2 Å². The molecule has 1 aromatic carbocycles. The Balaban J connectivity index is 2.47. The molecule has 0 saturated heterocycles. The number of ketones is 1. The van der Waals surface area contributed by atoms with Crippen molar-refractivity contribution in [3.8, 4) is 5.75 Å². The van der Waals surface area contributed by atoms with E-state index in [9.17, 15) is 4.79 Å². The molecule has 0 radical (unpaired) electrons. The van der Waals surface area contributed by atoms with Crippen molar-refractivity contribution >= 4 is 17.4 Å². The lowest BCUT2D eigenvalue weighted by atomic mass is 10.1. The first-order valence-corrected chi connectivity index (χ1v) is 5.79. The highest BCUT2D eigenvalue weighted by Crippen LogP contribution is 2.23. The maximum atomic E-state index is 12.4. The summed E-state index contributed by atoms with van der Waals surface area (Å²) in [5.41, 5.74) is 1.86. The fourth-order valence-electron chi connectivity index (χ4n) is 1.75. The number of hydrogen-bond acceptors (Lipinski definition) is 3. The Labute approximate surface area is 110 Å². The Morgan fingerprint density at radius 3 is 2.78 bits per heavy atom. The molecule has 0 aliphatic rings. The number of rotatable bonds is 3. The fraction of sp³-hybridized carbons (Fsp3) is 0.231. The molecule has 0 N–H and O–H groups in total. The molecule has 2 rings (SSSR count). The predicted octanol–water partition coefficient (Wildman–Crippen LogP) is 2.62. The third-order valence-corrected chi connectivity index (χ3v) is 3.18. The minimum absolute atomic E-state index is 0.133. The number of hydrogen-bond donors (Lipinski definition) is 0. The highest BCUT2D eigenvalue weighted by atomic mass is 35.5. The molecule has 0 unspecified atom stereocenters. The smallest absolute Gasteiger partial charge is 0.214 e. The summed E-state index contributed by atoms with van der Waals surface area (Å²) >= 11 is 5.95. The summed E-state index contributed by atoms with van der Waals surface area (Å²) in [5, 5.41) is 4.66. The van der Waals surface area contributed by atoms with Crippen LogP contribution in [0, 0.1) is 6.92 Å². The first-order valence-electron chi connectivity index (χ1n) is 5.41. The molecule has 1 aromatic heterocycles. The van der Waals surface area contributed by atoms with Gasteiger partial charge in [0.15, 0.2) is 11.4 Å². The molecule has 0 atom stereocenters. The molecule has 0 saturated carbocycles. The van der Waals surface area contributed by atoms with Gasteiger partial charge in [-0.2, -0.15) is 5.10 Å². The molecule has 18 heavy (non-hydrogen) atoms. The topological polar surface area (TPSA) is 44.1 Å². The van der Waals surface area contributed by atoms with Gasteiger partial charge in [-0.05, 0) is 30.7 Å². The van der Waals surface area contributed by atoms with Crippen LogP contribution in [0.3, 0.4) is 0 Å². The summed E-state index contributed by atoms with van der Waals surface area (Å²) in [5.74, 6) is 0.335. The third-order valence-electron chi connectivity index (χ3n) is 2.76. The Morgan fingerprint density at radius 1 is 1.44 bits per heavy atom. The van der Waals surface area contributed by atoms with Crippen LogP contribution in [0.4, 0.5) is 0 Å². The number of benzene rings is 1. The molecule has 0 fully saturated rings. The highest BCUT2D eigenvalue weighted by molar-refractivity contribution is 6.31. The average Bonchev–Trinajstić information content (AvgIpc) is 2.73. The molecule has 0 bridgehead atoms. The summed E-state index contributed by atoms with van der Waals surface area (Å²) < 4.78 is 6.64. The largest absolute Gasteiger partial charge is 0.493 e. The maximum absolute atomic E-state index is 12.4. The molecule has 0 spiro atoms. The summed E-state index contributed by atoms with van der Waals surface area (Å²) in [6.45, 7) is 1.86. The van der Waals surface area contributed by atoms with E-state index >= 15 is 0 Å². The SMILES string of the molecule is COc1cnn(C)c1C(=O)c1ccc(Cl)c(C)c1. The number of carbonyl (C=O) groups is 1. The molecule has 0 amide bonds. The molecule has 94 valence electrons. The molecule has 0 aliphatic heterocycles. The minimum atomic E-state index is -0.133. The summed E-state index contributed by atoms with van der Waals surface area (Å²) in [7, 11) is 3.22. The van der Waals surface area contributed by atoms with E-state index in [2.05, 4.69) is 5.10 Å². The Bertz CT molecular complexity index is 605. The van der Waals surface area contributed by atoms with Crippen LogP contribution in [-0.4, -0.2) is 22.7 Å². The van der Waals surface area contributed by atoms with Crippen LogP contribution in [0.2, 0.25) is 5.02 Å². The number of carbonyl (C=O) groups excluding carboxylic acids is 1. The minimum Gasteiger partial charge on any atom is -0.493 e. The van der Waals surface area contributed by atoms with Gasteiger partial charge in [0.2, 0.25) is 5.78 Å². The lowest BCUT2D eigenvalue weighted by molar-refractivity contribution is 0.102. The number of nitrogens with zero attached hydrogens (tertiary/aromatic N) is 2. The molecule has 4 nitrogen and oxygen atoms in total. The first kappa shape index (κ1) is 12.6. The maximum Gasteiger partial charge on any atom is 0.214 e. The van der Waals surface area contributed by atoms with Gasteiger partial charge in [-0.25, -0.2) is 0 Å². The van der Waals surface area contributed by atoms with Gasteiger partial charge in [-0.1, -0.05) is 11.6 Å². The van der Waals surface area contributed by atoms with Crippen LogP contribution in [0.5, 0.6) is 5.75 Å². The summed E-state index contributed by atoms with van der Waals surface area (Å²) in [4.78, 5) is 12.4. The zero-order valence-corrected chi connectivity index (χ0v) is 11.2. The predicted molar refractivity (Wildman–Crippen MR) is 69.4 cm³/mol. The van der Waals surface area contributed by atoms with Gasteiger partial charge in [0, 0.05) is 17.6 Å². The van der Waals surface area contributed by atoms with Crippen LogP contribution < -0.4 is 4.74 Å². The summed E-state index contributed by atoms with van der Waals surface area (Å²) in [6, 6.07) is 5.17. The van der Waals surface area contributed by atoms with Crippen LogP contribution in [0.1, 0.15) is 21.6 Å². The number of aromatic nitrogens is 2. The van der Waals surface area contributed by atoms with Crippen molar-refractivity contribution in [2.24, 2.45) is 7.05 Å². The lowest BCUT2D eigenvalue weighted by Gasteiger charge is -2.06. The molecule has 0 aliphatic carbocycles. The summed E-state index contributed by atoms with van der Waals surface area (Å²) in [6.07, 6.45) is 1.52. The second kappa shape index (κ2) is 4.82. The van der Waals surface area contributed by atoms with E-state index in [-0.39, 0.29) is 5.78 Å². The fourth-order valence-corrected chi connectivity index (χ4v) is 1.87. The number of halogens is 1. The molecular formula is C13H13ClN2O2. The van der Waals surface area contributed by atoms with Crippen LogP contribution in [-0.2, 0) is 7.05 Å². The average molecular weight is 265 g/mol. The number of methoxy groups -OCH3 is 1. The van der Waals surface area contributed by atoms with Gasteiger partial charge >= 0.3 is 0 Å². The van der Waals surface area contributed by atoms with Crippen molar-refractivity contribution in [1.29, 1.82) is 0 Å². The monoisotopic (exact) mass is 264 g/mol. The Morgan fingerprint density at radius 2 is 2.17 bits per heavy atom. The van der Waals surface area contributed by atoms with E-state index in [0.29, 0.717) is 22.0 Å². The second-order valence-electron chi connectivity index (χ2n) is 3.98. The quantitative estimate of drug-likeness (QED) is 0.801.